The minimum Gasteiger partial charge on any atom is -0.380 e. The average Bonchev–Trinajstić information content (AvgIpc) is 2.84. The monoisotopic (exact) mass is 248 g/mol. The number of rotatable bonds is 5. The number of hydrogen-bond donors (Lipinski definition) is 1. The molecule has 2 rings (SSSR count). The molecule has 1 atom stereocenters. The van der Waals surface area contributed by atoms with Crippen LogP contribution in [0.5, 0.6) is 0 Å². The lowest BCUT2D eigenvalue weighted by Crippen LogP contribution is -2.24. The molecule has 1 unspecified atom stereocenters. The summed E-state index contributed by atoms with van der Waals surface area (Å²) in [5.74, 6) is 0.992. The highest BCUT2D eigenvalue weighted by Crippen LogP contribution is 2.14. The van der Waals surface area contributed by atoms with Gasteiger partial charge >= 0.3 is 0 Å². The lowest BCUT2D eigenvalue weighted by molar-refractivity contribution is 0.102. The van der Waals surface area contributed by atoms with Crippen LogP contribution in [-0.2, 0) is 11.2 Å². The van der Waals surface area contributed by atoms with E-state index in [1.54, 1.807) is 13.3 Å². The Bertz CT molecular complexity index is 508. The summed E-state index contributed by atoms with van der Waals surface area (Å²) in [5, 5.41) is 3.90. The van der Waals surface area contributed by atoms with E-state index in [1.165, 1.54) is 0 Å². The summed E-state index contributed by atoms with van der Waals surface area (Å²) in [7, 11) is 1.61. The summed E-state index contributed by atoms with van der Waals surface area (Å²) in [4.78, 5) is 8.48. The smallest absolute Gasteiger partial charge is 0.229 e. The Hall–Kier alpha value is -1.79. The molecule has 0 spiro atoms. The van der Waals surface area contributed by atoms with Crippen molar-refractivity contribution >= 4 is 0 Å². The Balaban J connectivity index is 2.15. The first kappa shape index (κ1) is 12.7. The Morgan fingerprint density at radius 3 is 3.00 bits per heavy atom. The fraction of sp³-hybridized carbons (Fsp3) is 0.417. The Morgan fingerprint density at radius 2 is 2.33 bits per heavy atom. The molecule has 0 aliphatic carbocycles. The highest BCUT2D eigenvalue weighted by Gasteiger charge is 2.14. The van der Waals surface area contributed by atoms with E-state index in [-0.39, 0.29) is 6.10 Å². The molecule has 0 aliphatic heterocycles. The first-order chi connectivity index (χ1) is 8.72. The van der Waals surface area contributed by atoms with Crippen molar-refractivity contribution in [2.24, 2.45) is 5.73 Å². The van der Waals surface area contributed by atoms with Gasteiger partial charge < -0.3 is 15.0 Å². The van der Waals surface area contributed by atoms with E-state index in [0.29, 0.717) is 30.4 Å². The zero-order valence-corrected chi connectivity index (χ0v) is 10.5. The normalized spacial score (nSPS) is 12.6. The van der Waals surface area contributed by atoms with E-state index in [4.69, 9.17) is 15.0 Å². The van der Waals surface area contributed by atoms with Crippen molar-refractivity contribution in [3.05, 3.63) is 29.8 Å². The summed E-state index contributed by atoms with van der Waals surface area (Å²) in [6.45, 7) is 2.40. The van der Waals surface area contributed by atoms with Gasteiger partial charge in [0.15, 0.2) is 0 Å². The van der Waals surface area contributed by atoms with Gasteiger partial charge in [0.1, 0.15) is 5.69 Å². The minimum absolute atomic E-state index is 0.108. The van der Waals surface area contributed by atoms with Crippen molar-refractivity contribution < 1.29 is 9.26 Å². The quantitative estimate of drug-likeness (QED) is 0.847. The van der Waals surface area contributed by atoms with E-state index >= 15 is 0 Å². The maximum absolute atomic E-state index is 5.54. The van der Waals surface area contributed by atoms with Gasteiger partial charge in [-0.1, -0.05) is 5.16 Å². The maximum Gasteiger partial charge on any atom is 0.229 e. The molecule has 2 aromatic heterocycles. The summed E-state index contributed by atoms with van der Waals surface area (Å²) < 4.78 is 10.3. The molecule has 0 amide bonds. The summed E-state index contributed by atoms with van der Waals surface area (Å²) in [6, 6.07) is 3.82. The van der Waals surface area contributed by atoms with E-state index in [9.17, 15) is 0 Å². The van der Waals surface area contributed by atoms with Gasteiger partial charge in [-0.2, -0.15) is 4.98 Å². The molecule has 0 bridgehead atoms. The van der Waals surface area contributed by atoms with Crippen molar-refractivity contribution in [1.29, 1.82) is 0 Å². The Kier molecular flexibility index (Phi) is 4.01. The molecule has 6 nitrogen and oxygen atoms in total. The summed E-state index contributed by atoms with van der Waals surface area (Å²) in [5.41, 5.74) is 7.34. The fourth-order valence-electron chi connectivity index (χ4n) is 1.56. The van der Waals surface area contributed by atoms with Gasteiger partial charge in [0.25, 0.3) is 0 Å². The second-order valence-electron chi connectivity index (χ2n) is 4.03. The van der Waals surface area contributed by atoms with Crippen LogP contribution < -0.4 is 5.73 Å². The van der Waals surface area contributed by atoms with E-state index in [2.05, 4.69) is 15.1 Å². The van der Waals surface area contributed by atoms with E-state index < -0.39 is 0 Å². The molecule has 0 saturated heterocycles. The highest BCUT2D eigenvalue weighted by atomic mass is 16.5. The molecule has 96 valence electrons. The van der Waals surface area contributed by atoms with Gasteiger partial charge in [0, 0.05) is 19.9 Å². The van der Waals surface area contributed by atoms with Crippen LogP contribution in [0.25, 0.3) is 11.5 Å². The third kappa shape index (κ3) is 2.91. The van der Waals surface area contributed by atoms with Crippen LogP contribution in [0.3, 0.4) is 0 Å². The van der Waals surface area contributed by atoms with Crippen LogP contribution in [0.1, 0.15) is 11.5 Å². The molecular weight excluding hydrogens is 232 g/mol. The van der Waals surface area contributed by atoms with E-state index in [1.807, 2.05) is 19.1 Å². The number of methoxy groups -OCH3 is 1. The number of ether oxygens (including phenoxy) is 1. The van der Waals surface area contributed by atoms with Gasteiger partial charge in [-0.25, -0.2) is 0 Å². The Morgan fingerprint density at radius 1 is 1.50 bits per heavy atom. The molecule has 6 heteroatoms. The number of pyridine rings is 1. The molecule has 0 saturated carbocycles. The van der Waals surface area contributed by atoms with Crippen molar-refractivity contribution in [3.8, 4) is 11.5 Å². The molecule has 0 aromatic carbocycles. The van der Waals surface area contributed by atoms with E-state index in [0.717, 1.165) is 5.56 Å². The summed E-state index contributed by atoms with van der Waals surface area (Å²) in [6.07, 6.45) is 2.12. The number of hydrogen-bond acceptors (Lipinski definition) is 6. The fourth-order valence-corrected chi connectivity index (χ4v) is 1.56. The molecule has 0 fully saturated rings. The number of aromatic nitrogens is 3. The molecule has 0 aliphatic rings. The molecule has 2 heterocycles. The van der Waals surface area contributed by atoms with Gasteiger partial charge in [-0.3, -0.25) is 4.98 Å². The van der Waals surface area contributed by atoms with Crippen molar-refractivity contribution in [2.75, 3.05) is 13.7 Å². The van der Waals surface area contributed by atoms with Gasteiger partial charge in [0.05, 0.1) is 12.5 Å². The zero-order valence-electron chi connectivity index (χ0n) is 10.5. The predicted molar refractivity (Wildman–Crippen MR) is 65.8 cm³/mol. The van der Waals surface area contributed by atoms with Gasteiger partial charge in [0.2, 0.25) is 11.7 Å². The molecule has 18 heavy (non-hydrogen) atoms. The second-order valence-corrected chi connectivity index (χ2v) is 4.03. The molecular formula is C12H16N4O2. The number of nitrogens with two attached hydrogens (primary N) is 1. The topological polar surface area (TPSA) is 87.1 Å². The number of aryl methyl sites for hydroxylation is 1. The lowest BCUT2D eigenvalue weighted by atomic mass is 10.2. The van der Waals surface area contributed by atoms with Crippen LogP contribution >= 0.6 is 0 Å². The van der Waals surface area contributed by atoms with Crippen LogP contribution in [0.15, 0.2) is 22.9 Å². The van der Waals surface area contributed by atoms with Crippen LogP contribution in [0, 0.1) is 6.92 Å². The van der Waals surface area contributed by atoms with Crippen LogP contribution in [0.4, 0.5) is 0 Å². The van der Waals surface area contributed by atoms with Crippen molar-refractivity contribution in [3.63, 3.8) is 0 Å². The third-order valence-corrected chi connectivity index (χ3v) is 2.61. The largest absolute Gasteiger partial charge is 0.380 e. The SMILES string of the molecule is COC(CN)Cc1nc(-c2cc(C)ccn2)no1. The maximum atomic E-state index is 5.54. The molecule has 2 aromatic rings. The van der Waals surface area contributed by atoms with Crippen molar-refractivity contribution in [1.82, 2.24) is 15.1 Å². The predicted octanol–water partition coefficient (Wildman–Crippen LogP) is 0.956. The van der Waals surface area contributed by atoms with Crippen LogP contribution in [0.2, 0.25) is 0 Å². The minimum atomic E-state index is -0.108. The second kappa shape index (κ2) is 5.70. The Labute approximate surface area is 105 Å². The number of nitrogens with zero attached hydrogens (tertiary/aromatic N) is 3. The molecule has 2 N–H and O–H groups in total. The zero-order chi connectivity index (χ0) is 13.0. The molecule has 0 radical (unpaired) electrons. The van der Waals surface area contributed by atoms with Crippen LogP contribution in [-0.4, -0.2) is 34.9 Å². The van der Waals surface area contributed by atoms with Gasteiger partial charge in [-0.15, -0.1) is 0 Å². The lowest BCUT2D eigenvalue weighted by Gasteiger charge is -2.08. The standard InChI is InChI=1S/C12H16N4O2/c1-8-3-4-14-10(5-8)12-15-11(18-16-12)6-9(7-13)17-2/h3-5,9H,6-7,13H2,1-2H3. The first-order valence-electron chi connectivity index (χ1n) is 5.71. The van der Waals surface area contributed by atoms with Crippen molar-refractivity contribution in [2.45, 2.75) is 19.4 Å². The highest BCUT2D eigenvalue weighted by molar-refractivity contribution is 5.48. The first-order valence-corrected chi connectivity index (χ1v) is 5.71. The summed E-state index contributed by atoms with van der Waals surface area (Å²) >= 11 is 0. The third-order valence-electron chi connectivity index (χ3n) is 2.61. The average molecular weight is 248 g/mol. The van der Waals surface area contributed by atoms with Gasteiger partial charge in [-0.05, 0) is 24.6 Å².